The number of hydrogen-bond acceptors (Lipinski definition) is 6. The van der Waals surface area contributed by atoms with E-state index in [2.05, 4.69) is 15.1 Å². The van der Waals surface area contributed by atoms with Crippen molar-refractivity contribution in [3.8, 4) is 6.07 Å². The maximum Gasteiger partial charge on any atom is 0.246 e. The van der Waals surface area contributed by atoms with Crippen LogP contribution in [0.5, 0.6) is 0 Å². The summed E-state index contributed by atoms with van der Waals surface area (Å²) in [6.07, 6.45) is 3.97. The van der Waals surface area contributed by atoms with Gasteiger partial charge in [0.25, 0.3) is 0 Å². The maximum atomic E-state index is 13.7. The molecule has 0 bridgehead atoms. The largest absolute Gasteiger partial charge is 0.356 e. The lowest BCUT2D eigenvalue weighted by molar-refractivity contribution is -0.139. The Kier molecular flexibility index (Phi) is 5.40. The summed E-state index contributed by atoms with van der Waals surface area (Å²) in [5.74, 6) is -1.10. The first-order chi connectivity index (χ1) is 14.5. The number of carbonyl (C=O) groups is 1. The molecule has 2 aliphatic rings. The second kappa shape index (κ2) is 8.14. The molecule has 1 amide bonds. The third kappa shape index (κ3) is 3.85. The SMILES string of the molecule is CC1CN(c2cc(C#N)ncn2)CCC1C(=O)N1N=CCC1c1cc(F)cc(F)c1. The highest BCUT2D eigenvalue weighted by Gasteiger charge is 2.38. The van der Waals surface area contributed by atoms with E-state index in [0.717, 1.165) is 6.07 Å². The number of hydrogen-bond donors (Lipinski definition) is 0. The number of hydrazone groups is 1. The molecule has 2 aliphatic heterocycles. The summed E-state index contributed by atoms with van der Waals surface area (Å²) in [6.45, 7) is 3.17. The van der Waals surface area contributed by atoms with E-state index < -0.39 is 17.7 Å². The molecule has 1 fully saturated rings. The van der Waals surface area contributed by atoms with Crippen LogP contribution in [0.25, 0.3) is 0 Å². The molecule has 9 heteroatoms. The number of halogens is 2. The molecule has 0 N–H and O–H groups in total. The van der Waals surface area contributed by atoms with Crippen LogP contribution in [0.3, 0.4) is 0 Å². The molecule has 0 aliphatic carbocycles. The molecule has 2 aromatic rings. The van der Waals surface area contributed by atoms with Crippen molar-refractivity contribution in [2.45, 2.75) is 25.8 Å². The summed E-state index contributed by atoms with van der Waals surface area (Å²) < 4.78 is 27.3. The maximum absolute atomic E-state index is 13.7. The molecule has 1 saturated heterocycles. The summed E-state index contributed by atoms with van der Waals surface area (Å²) in [5, 5.41) is 14.6. The third-order valence-electron chi connectivity index (χ3n) is 5.64. The van der Waals surface area contributed by atoms with Crippen molar-refractivity contribution in [3.05, 3.63) is 53.5 Å². The van der Waals surface area contributed by atoms with Gasteiger partial charge in [0, 0.05) is 43.8 Å². The van der Waals surface area contributed by atoms with Crippen molar-refractivity contribution in [2.75, 3.05) is 18.0 Å². The smallest absolute Gasteiger partial charge is 0.246 e. The number of rotatable bonds is 3. The van der Waals surface area contributed by atoms with E-state index in [1.807, 2.05) is 17.9 Å². The summed E-state index contributed by atoms with van der Waals surface area (Å²) in [6, 6.07) is 6.44. The highest BCUT2D eigenvalue weighted by atomic mass is 19.1. The zero-order valence-corrected chi connectivity index (χ0v) is 16.4. The predicted molar refractivity (Wildman–Crippen MR) is 105 cm³/mol. The summed E-state index contributed by atoms with van der Waals surface area (Å²) in [5.41, 5.74) is 0.691. The van der Waals surface area contributed by atoms with Crippen molar-refractivity contribution in [1.29, 1.82) is 5.26 Å². The molecule has 3 unspecified atom stereocenters. The normalized spacial score (nSPS) is 23.5. The minimum atomic E-state index is -0.674. The van der Waals surface area contributed by atoms with Gasteiger partial charge in [0.2, 0.25) is 5.91 Å². The van der Waals surface area contributed by atoms with E-state index in [1.165, 1.54) is 23.5 Å². The molecule has 4 rings (SSSR count). The Balaban J connectivity index is 1.48. The lowest BCUT2D eigenvalue weighted by Gasteiger charge is -2.38. The molecule has 154 valence electrons. The Bertz CT molecular complexity index is 1020. The molecule has 1 aromatic heterocycles. The van der Waals surface area contributed by atoms with E-state index in [4.69, 9.17) is 5.26 Å². The number of benzene rings is 1. The number of nitriles is 1. The van der Waals surface area contributed by atoms with Crippen LogP contribution in [-0.2, 0) is 4.79 Å². The number of anilines is 1. The standard InChI is InChI=1S/C21H20F2N6O/c1-13-11-28(20-9-17(10-24)25-12-26-20)5-3-18(13)21(30)29-19(2-4-27-29)14-6-15(22)8-16(23)7-14/h4,6-9,12-13,18-19H,2-3,5,11H2,1H3. The van der Waals surface area contributed by atoms with Crippen LogP contribution in [0.4, 0.5) is 14.6 Å². The monoisotopic (exact) mass is 410 g/mol. The summed E-state index contributed by atoms with van der Waals surface area (Å²) in [4.78, 5) is 23.4. The van der Waals surface area contributed by atoms with Crippen molar-refractivity contribution < 1.29 is 13.6 Å². The first kappa shape index (κ1) is 19.9. The zero-order valence-electron chi connectivity index (χ0n) is 16.4. The molecule has 30 heavy (non-hydrogen) atoms. The lowest BCUT2D eigenvalue weighted by Crippen LogP contribution is -2.46. The Morgan fingerprint density at radius 3 is 2.67 bits per heavy atom. The lowest BCUT2D eigenvalue weighted by atomic mass is 9.85. The van der Waals surface area contributed by atoms with E-state index in [1.54, 1.807) is 12.3 Å². The van der Waals surface area contributed by atoms with Gasteiger partial charge in [-0.1, -0.05) is 6.92 Å². The minimum Gasteiger partial charge on any atom is -0.356 e. The van der Waals surface area contributed by atoms with Gasteiger partial charge in [0.05, 0.1) is 6.04 Å². The van der Waals surface area contributed by atoms with Crippen LogP contribution in [-0.4, -0.2) is 40.2 Å². The van der Waals surface area contributed by atoms with Crippen LogP contribution < -0.4 is 4.90 Å². The van der Waals surface area contributed by atoms with Crippen LogP contribution in [0, 0.1) is 34.8 Å². The van der Waals surface area contributed by atoms with E-state index in [-0.39, 0.29) is 17.7 Å². The second-order valence-electron chi connectivity index (χ2n) is 7.63. The molecule has 7 nitrogen and oxygen atoms in total. The predicted octanol–water partition coefficient (Wildman–Crippen LogP) is 3.05. The minimum absolute atomic E-state index is 0.00689. The Morgan fingerprint density at radius 2 is 1.97 bits per heavy atom. The van der Waals surface area contributed by atoms with E-state index in [0.29, 0.717) is 43.0 Å². The van der Waals surface area contributed by atoms with Gasteiger partial charge in [-0.2, -0.15) is 10.4 Å². The molecule has 3 atom stereocenters. The average Bonchev–Trinajstić information content (AvgIpc) is 3.22. The van der Waals surface area contributed by atoms with Crippen LogP contribution >= 0.6 is 0 Å². The molecule has 0 saturated carbocycles. The number of carbonyl (C=O) groups excluding carboxylic acids is 1. The number of aromatic nitrogens is 2. The van der Waals surface area contributed by atoms with Crippen LogP contribution in [0.2, 0.25) is 0 Å². The highest BCUT2D eigenvalue weighted by Crippen LogP contribution is 2.34. The zero-order chi connectivity index (χ0) is 21.3. The second-order valence-corrected chi connectivity index (χ2v) is 7.63. The molecule has 0 radical (unpaired) electrons. The van der Waals surface area contributed by atoms with Crippen LogP contribution in [0.1, 0.15) is 37.1 Å². The fraction of sp³-hybridized carbons (Fsp3) is 0.381. The van der Waals surface area contributed by atoms with Gasteiger partial charge in [-0.25, -0.2) is 23.8 Å². The highest BCUT2D eigenvalue weighted by molar-refractivity contribution is 5.82. The quantitative estimate of drug-likeness (QED) is 0.776. The number of amides is 1. The van der Waals surface area contributed by atoms with Gasteiger partial charge < -0.3 is 4.90 Å². The van der Waals surface area contributed by atoms with E-state index >= 15 is 0 Å². The molecular weight excluding hydrogens is 390 g/mol. The fourth-order valence-corrected chi connectivity index (χ4v) is 4.14. The summed E-state index contributed by atoms with van der Waals surface area (Å²) in [7, 11) is 0. The number of nitrogens with zero attached hydrogens (tertiary/aromatic N) is 6. The Hall–Kier alpha value is -3.41. The van der Waals surface area contributed by atoms with Crippen molar-refractivity contribution >= 4 is 17.9 Å². The number of piperidine rings is 1. The van der Waals surface area contributed by atoms with Crippen molar-refractivity contribution in [3.63, 3.8) is 0 Å². The van der Waals surface area contributed by atoms with Gasteiger partial charge in [-0.05, 0) is 30.0 Å². The molecule has 3 heterocycles. The Morgan fingerprint density at radius 1 is 1.20 bits per heavy atom. The summed E-state index contributed by atoms with van der Waals surface area (Å²) >= 11 is 0. The van der Waals surface area contributed by atoms with Gasteiger partial charge in [0.1, 0.15) is 35.5 Å². The average molecular weight is 410 g/mol. The van der Waals surface area contributed by atoms with Crippen molar-refractivity contribution in [1.82, 2.24) is 15.0 Å². The van der Waals surface area contributed by atoms with Crippen molar-refractivity contribution in [2.24, 2.45) is 16.9 Å². The molecule has 0 spiro atoms. The van der Waals surface area contributed by atoms with Gasteiger partial charge in [0.15, 0.2) is 0 Å². The fourth-order valence-electron chi connectivity index (χ4n) is 4.14. The first-order valence-corrected chi connectivity index (χ1v) is 9.75. The molecular formula is C21H20F2N6O. The third-order valence-corrected chi connectivity index (χ3v) is 5.64. The Labute approximate surface area is 172 Å². The van der Waals surface area contributed by atoms with Gasteiger partial charge >= 0.3 is 0 Å². The first-order valence-electron chi connectivity index (χ1n) is 9.75. The molecule has 1 aromatic carbocycles. The van der Waals surface area contributed by atoms with Gasteiger partial charge in [-0.15, -0.1) is 0 Å². The topological polar surface area (TPSA) is 85.5 Å². The van der Waals surface area contributed by atoms with Crippen LogP contribution in [0.15, 0.2) is 35.7 Å². The van der Waals surface area contributed by atoms with E-state index in [9.17, 15) is 13.6 Å². The van der Waals surface area contributed by atoms with Gasteiger partial charge in [-0.3, -0.25) is 4.79 Å².